The number of anilines is 2. The summed E-state index contributed by atoms with van der Waals surface area (Å²) in [5.74, 6) is -0.810. The largest absolute Gasteiger partial charge is 0.465 e. The summed E-state index contributed by atoms with van der Waals surface area (Å²) in [6.07, 6.45) is 0. The van der Waals surface area contributed by atoms with Gasteiger partial charge in [-0.05, 0) is 62.4 Å². The van der Waals surface area contributed by atoms with E-state index in [1.807, 2.05) is 6.92 Å². The van der Waals surface area contributed by atoms with Gasteiger partial charge >= 0.3 is 5.97 Å². The van der Waals surface area contributed by atoms with E-state index in [9.17, 15) is 18.0 Å². The first-order valence-corrected chi connectivity index (χ1v) is 12.4. The van der Waals surface area contributed by atoms with E-state index < -0.39 is 21.2 Å². The molecule has 3 aromatic rings. The Morgan fingerprint density at radius 2 is 1.58 bits per heavy atom. The van der Waals surface area contributed by atoms with E-state index in [4.69, 9.17) is 4.74 Å². The number of thioether (sulfide) groups is 1. The van der Waals surface area contributed by atoms with Gasteiger partial charge in [-0.1, -0.05) is 29.8 Å². The van der Waals surface area contributed by atoms with Gasteiger partial charge < -0.3 is 10.1 Å². The summed E-state index contributed by atoms with van der Waals surface area (Å²) < 4.78 is 32.4. The fourth-order valence-electron chi connectivity index (χ4n) is 2.91. The molecule has 0 saturated heterocycles. The smallest absolute Gasteiger partial charge is 0.339 e. The lowest BCUT2D eigenvalue weighted by Crippen LogP contribution is -2.23. The molecule has 0 radical (unpaired) electrons. The number of para-hydroxylation sites is 1. The number of carbonyl (C=O) groups is 2. The molecule has 0 fully saturated rings. The van der Waals surface area contributed by atoms with Crippen LogP contribution in [-0.4, -0.2) is 32.7 Å². The highest BCUT2D eigenvalue weighted by Gasteiger charge is 2.19. The number of methoxy groups -OCH3 is 1. The first-order chi connectivity index (χ1) is 15.7. The van der Waals surface area contributed by atoms with Crippen molar-refractivity contribution in [3.05, 3.63) is 83.9 Å². The molecule has 1 amide bonds. The van der Waals surface area contributed by atoms with Crippen LogP contribution < -0.4 is 10.0 Å². The zero-order valence-corrected chi connectivity index (χ0v) is 20.0. The van der Waals surface area contributed by atoms with Crippen molar-refractivity contribution in [3.63, 3.8) is 0 Å². The molecule has 0 bridgehead atoms. The zero-order valence-electron chi connectivity index (χ0n) is 18.4. The van der Waals surface area contributed by atoms with Crippen LogP contribution in [0.3, 0.4) is 0 Å². The minimum Gasteiger partial charge on any atom is -0.465 e. The summed E-state index contributed by atoms with van der Waals surface area (Å²) >= 11 is 1.31. The van der Waals surface area contributed by atoms with Crippen molar-refractivity contribution in [3.8, 4) is 0 Å². The molecular formula is C24H24N2O5S2. The highest BCUT2D eigenvalue weighted by atomic mass is 32.2. The number of carbonyl (C=O) groups excluding carboxylic acids is 2. The first kappa shape index (κ1) is 24.3. The highest BCUT2D eigenvalue weighted by Crippen LogP contribution is 2.27. The van der Waals surface area contributed by atoms with Gasteiger partial charge in [0.25, 0.3) is 10.0 Å². The van der Waals surface area contributed by atoms with Crippen molar-refractivity contribution in [2.75, 3.05) is 17.1 Å². The van der Waals surface area contributed by atoms with E-state index in [0.717, 1.165) is 10.5 Å². The fraction of sp³-hybridized carbons (Fsp3) is 0.167. The number of amides is 1. The SMILES string of the molecule is COC(=O)c1ccccc1NC(=O)C(C)Sc1ccc(NS(=O)(=O)c2ccc(C)cc2)cc1. The summed E-state index contributed by atoms with van der Waals surface area (Å²) in [6, 6.07) is 20.0. The Kier molecular flexibility index (Phi) is 7.78. The maximum Gasteiger partial charge on any atom is 0.339 e. The van der Waals surface area contributed by atoms with Crippen LogP contribution in [0.4, 0.5) is 11.4 Å². The zero-order chi connectivity index (χ0) is 24.0. The van der Waals surface area contributed by atoms with E-state index in [1.165, 1.54) is 18.9 Å². The number of aryl methyl sites for hydroxylation is 1. The van der Waals surface area contributed by atoms with Crippen molar-refractivity contribution < 1.29 is 22.7 Å². The van der Waals surface area contributed by atoms with Crippen LogP contribution in [-0.2, 0) is 19.6 Å². The standard InChI is InChI=1S/C24H24N2O5S2/c1-16-8-14-20(15-9-16)33(29,30)26-18-10-12-19(13-11-18)32-17(2)23(27)25-22-7-5-4-6-21(22)24(28)31-3/h4-15,17,26H,1-3H3,(H,25,27). The molecule has 172 valence electrons. The van der Waals surface area contributed by atoms with Gasteiger partial charge in [0.1, 0.15) is 0 Å². The van der Waals surface area contributed by atoms with Crippen LogP contribution in [0, 0.1) is 6.92 Å². The van der Waals surface area contributed by atoms with Crippen molar-refractivity contribution in [2.45, 2.75) is 28.9 Å². The molecule has 3 rings (SSSR count). The number of hydrogen-bond acceptors (Lipinski definition) is 6. The predicted octanol–water partition coefficient (Wildman–Crippen LogP) is 4.70. The summed E-state index contributed by atoms with van der Waals surface area (Å²) in [5, 5.41) is 2.29. The van der Waals surface area contributed by atoms with E-state index in [-0.39, 0.29) is 16.4 Å². The molecule has 0 saturated carbocycles. The van der Waals surface area contributed by atoms with Crippen molar-refractivity contribution in [1.29, 1.82) is 0 Å². The first-order valence-electron chi connectivity index (χ1n) is 10.0. The number of nitrogens with one attached hydrogen (secondary N) is 2. The third kappa shape index (κ3) is 6.36. The Balaban J connectivity index is 1.63. The lowest BCUT2D eigenvalue weighted by molar-refractivity contribution is -0.115. The molecule has 0 aliphatic rings. The van der Waals surface area contributed by atoms with Crippen LogP contribution in [0.15, 0.2) is 82.6 Å². The molecule has 7 nitrogen and oxygen atoms in total. The quantitative estimate of drug-likeness (QED) is 0.355. The van der Waals surface area contributed by atoms with Crippen LogP contribution >= 0.6 is 11.8 Å². The maximum absolute atomic E-state index is 12.6. The van der Waals surface area contributed by atoms with Gasteiger partial charge in [0.05, 0.1) is 28.5 Å². The molecule has 0 aliphatic carbocycles. The number of benzene rings is 3. The van der Waals surface area contributed by atoms with Crippen molar-refractivity contribution in [1.82, 2.24) is 0 Å². The van der Waals surface area contributed by atoms with Gasteiger partial charge in [-0.3, -0.25) is 9.52 Å². The van der Waals surface area contributed by atoms with Gasteiger partial charge in [0.2, 0.25) is 5.91 Å². The summed E-state index contributed by atoms with van der Waals surface area (Å²) in [5.41, 5.74) is 2.05. The monoisotopic (exact) mass is 484 g/mol. The van der Waals surface area contributed by atoms with Crippen LogP contribution in [0.1, 0.15) is 22.8 Å². The molecule has 33 heavy (non-hydrogen) atoms. The molecule has 1 unspecified atom stereocenters. The Hall–Kier alpha value is -3.30. The highest BCUT2D eigenvalue weighted by molar-refractivity contribution is 8.00. The van der Waals surface area contributed by atoms with E-state index in [1.54, 1.807) is 79.7 Å². The third-order valence-electron chi connectivity index (χ3n) is 4.71. The second-order valence-electron chi connectivity index (χ2n) is 7.23. The molecule has 9 heteroatoms. The fourth-order valence-corrected chi connectivity index (χ4v) is 4.83. The molecule has 0 aromatic heterocycles. The van der Waals surface area contributed by atoms with E-state index in [2.05, 4.69) is 10.0 Å². The lowest BCUT2D eigenvalue weighted by Gasteiger charge is -2.14. The van der Waals surface area contributed by atoms with Crippen molar-refractivity contribution >= 4 is 45.0 Å². The number of rotatable bonds is 8. The molecule has 0 aliphatic heterocycles. The summed E-state index contributed by atoms with van der Waals surface area (Å²) in [4.78, 5) is 25.5. The Labute approximate surface area is 197 Å². The van der Waals surface area contributed by atoms with Crippen molar-refractivity contribution in [2.24, 2.45) is 0 Å². The average Bonchev–Trinajstić information content (AvgIpc) is 2.80. The second-order valence-corrected chi connectivity index (χ2v) is 10.3. The average molecular weight is 485 g/mol. The number of esters is 1. The molecule has 3 aromatic carbocycles. The molecule has 1 atom stereocenters. The predicted molar refractivity (Wildman–Crippen MR) is 130 cm³/mol. The van der Waals surface area contributed by atoms with Gasteiger partial charge in [-0.15, -0.1) is 11.8 Å². The minimum atomic E-state index is -3.69. The minimum absolute atomic E-state index is 0.184. The molecular weight excluding hydrogens is 460 g/mol. The third-order valence-corrected chi connectivity index (χ3v) is 7.22. The van der Waals surface area contributed by atoms with Gasteiger partial charge in [-0.25, -0.2) is 13.2 Å². The number of ether oxygens (including phenoxy) is 1. The van der Waals surface area contributed by atoms with Crippen LogP contribution in [0.25, 0.3) is 0 Å². The normalized spacial score (nSPS) is 12.0. The molecule has 2 N–H and O–H groups in total. The second kappa shape index (κ2) is 10.5. The van der Waals surface area contributed by atoms with E-state index in [0.29, 0.717) is 11.4 Å². The van der Waals surface area contributed by atoms with Gasteiger partial charge in [0.15, 0.2) is 0 Å². The topological polar surface area (TPSA) is 102 Å². The van der Waals surface area contributed by atoms with Crippen LogP contribution in [0.5, 0.6) is 0 Å². The Bertz CT molecular complexity index is 1240. The molecule has 0 heterocycles. The number of hydrogen-bond donors (Lipinski definition) is 2. The lowest BCUT2D eigenvalue weighted by atomic mass is 10.2. The summed E-state index contributed by atoms with van der Waals surface area (Å²) in [6.45, 7) is 3.63. The Morgan fingerprint density at radius 3 is 2.21 bits per heavy atom. The summed E-state index contributed by atoms with van der Waals surface area (Å²) in [7, 11) is -2.40. The Morgan fingerprint density at radius 1 is 0.939 bits per heavy atom. The van der Waals surface area contributed by atoms with E-state index >= 15 is 0 Å². The van der Waals surface area contributed by atoms with Gasteiger partial charge in [0, 0.05) is 10.6 Å². The number of sulfonamides is 1. The van der Waals surface area contributed by atoms with Gasteiger partial charge in [-0.2, -0.15) is 0 Å². The van der Waals surface area contributed by atoms with Crippen LogP contribution in [0.2, 0.25) is 0 Å². The molecule has 0 spiro atoms. The maximum atomic E-state index is 12.6.